The predicted octanol–water partition coefficient (Wildman–Crippen LogP) is 0.344. The predicted molar refractivity (Wildman–Crippen MR) is 45.8 cm³/mol. The summed E-state index contributed by atoms with van der Waals surface area (Å²) >= 11 is 0.868. The summed E-state index contributed by atoms with van der Waals surface area (Å²) in [5.41, 5.74) is 0. The van der Waals surface area contributed by atoms with Gasteiger partial charge in [-0.25, -0.2) is 0 Å². The van der Waals surface area contributed by atoms with Crippen LogP contribution in [0, 0.1) is 0 Å². The van der Waals surface area contributed by atoms with Gasteiger partial charge in [-0.1, -0.05) is 0 Å². The Hall–Kier alpha value is -0.0969. The van der Waals surface area contributed by atoms with E-state index in [-0.39, 0.29) is 0 Å². The molecule has 0 atom stereocenters. The van der Waals surface area contributed by atoms with Gasteiger partial charge in [-0.05, 0) is 0 Å². The Labute approximate surface area is 76.2 Å². The van der Waals surface area contributed by atoms with Crippen LogP contribution in [0.2, 0.25) is 0 Å². The molecule has 0 amide bonds. The van der Waals surface area contributed by atoms with Crippen molar-refractivity contribution in [2.45, 2.75) is 6.92 Å². The van der Waals surface area contributed by atoms with Gasteiger partial charge in [-0.3, -0.25) is 0 Å². The molecule has 0 saturated heterocycles. The molecule has 0 fully saturated rings. The van der Waals surface area contributed by atoms with Crippen molar-refractivity contribution in [3.8, 4) is 5.75 Å². The third-order valence-electron chi connectivity index (χ3n) is 1.22. The van der Waals surface area contributed by atoms with Gasteiger partial charge in [-0.15, -0.1) is 0 Å². The molecule has 0 spiro atoms. The van der Waals surface area contributed by atoms with Gasteiger partial charge in [0.05, 0.1) is 0 Å². The van der Waals surface area contributed by atoms with E-state index in [4.69, 9.17) is 4.74 Å². The Kier molecular flexibility index (Phi) is 3.14. The SMILES string of the molecule is CCOc1cccc[c]1[BiH2]. The quantitative estimate of drug-likeness (QED) is 0.710. The van der Waals surface area contributed by atoms with E-state index in [1.807, 2.05) is 19.1 Å². The molecule has 0 N–H and O–H groups in total. The second-order valence-electron chi connectivity index (χ2n) is 1.97. The van der Waals surface area contributed by atoms with Crippen LogP contribution in [0.1, 0.15) is 6.92 Å². The number of hydrogen-bond acceptors (Lipinski definition) is 1. The van der Waals surface area contributed by atoms with Crippen molar-refractivity contribution in [2.75, 3.05) is 6.61 Å². The molecule has 0 aromatic heterocycles. The average Bonchev–Trinajstić information content (AvgIpc) is 1.94. The molecule has 2 heteroatoms. The van der Waals surface area contributed by atoms with Gasteiger partial charge in [0, 0.05) is 0 Å². The first-order valence-electron chi connectivity index (χ1n) is 3.32. The van der Waals surface area contributed by atoms with Gasteiger partial charge >= 0.3 is 76.3 Å². The third kappa shape index (κ3) is 1.95. The molecule has 0 aliphatic heterocycles. The van der Waals surface area contributed by atoms with Crippen molar-refractivity contribution >= 4 is 28.0 Å². The van der Waals surface area contributed by atoms with Crippen LogP contribution in [-0.2, 0) is 0 Å². The van der Waals surface area contributed by atoms with Crippen LogP contribution in [0.5, 0.6) is 5.75 Å². The Morgan fingerprint density at radius 2 is 2.10 bits per heavy atom. The molecule has 1 aromatic rings. The zero-order chi connectivity index (χ0) is 7.40. The molecule has 0 unspecified atom stereocenters. The normalized spacial score (nSPS) is 9.40. The van der Waals surface area contributed by atoms with E-state index in [0.29, 0.717) is 0 Å². The topological polar surface area (TPSA) is 9.23 Å². The molecule has 0 bridgehead atoms. The second kappa shape index (κ2) is 3.92. The number of ether oxygens (including phenoxy) is 1. The van der Waals surface area contributed by atoms with Crippen LogP contribution in [0.15, 0.2) is 24.3 Å². The van der Waals surface area contributed by atoms with E-state index in [1.54, 1.807) is 0 Å². The van der Waals surface area contributed by atoms with Gasteiger partial charge in [-0.2, -0.15) is 0 Å². The summed E-state index contributed by atoms with van der Waals surface area (Å²) in [5, 5.41) is 0. The maximum absolute atomic E-state index is 5.38. The maximum atomic E-state index is 5.38. The van der Waals surface area contributed by atoms with Crippen LogP contribution < -0.4 is 8.01 Å². The molecule has 0 saturated carbocycles. The summed E-state index contributed by atoms with van der Waals surface area (Å²) < 4.78 is 6.74. The van der Waals surface area contributed by atoms with E-state index in [2.05, 4.69) is 12.1 Å². The molecular weight excluding hydrogens is 321 g/mol. The Bertz CT molecular complexity index is 210. The zero-order valence-electron chi connectivity index (χ0n) is 6.00. The van der Waals surface area contributed by atoms with Crippen LogP contribution in [0.4, 0.5) is 0 Å². The number of benzene rings is 1. The molecule has 0 aliphatic carbocycles. The summed E-state index contributed by atoms with van der Waals surface area (Å²) in [6.45, 7) is 2.78. The zero-order valence-corrected chi connectivity index (χ0v) is 10.5. The van der Waals surface area contributed by atoms with Crippen LogP contribution in [0.25, 0.3) is 0 Å². The van der Waals surface area contributed by atoms with Gasteiger partial charge in [0.2, 0.25) is 0 Å². The van der Waals surface area contributed by atoms with Crippen molar-refractivity contribution in [3.05, 3.63) is 24.3 Å². The summed E-state index contributed by atoms with van der Waals surface area (Å²) in [6, 6.07) is 8.21. The van der Waals surface area contributed by atoms with Gasteiger partial charge in [0.15, 0.2) is 0 Å². The van der Waals surface area contributed by atoms with Crippen LogP contribution in [-0.4, -0.2) is 31.3 Å². The molecule has 0 radical (unpaired) electrons. The Balaban J connectivity index is 2.81. The van der Waals surface area contributed by atoms with Crippen molar-refractivity contribution in [1.29, 1.82) is 0 Å². The molecule has 1 rings (SSSR count). The number of para-hydroxylation sites is 1. The molecule has 0 aliphatic rings. The van der Waals surface area contributed by atoms with E-state index < -0.39 is 0 Å². The molecular formula is C8H11BiO. The van der Waals surface area contributed by atoms with Crippen molar-refractivity contribution in [1.82, 2.24) is 0 Å². The first-order valence-corrected chi connectivity index (χ1v) is 5.56. The summed E-state index contributed by atoms with van der Waals surface area (Å²) in [7, 11) is 0. The molecule has 54 valence electrons. The van der Waals surface area contributed by atoms with Crippen LogP contribution in [0.3, 0.4) is 0 Å². The van der Waals surface area contributed by atoms with Crippen molar-refractivity contribution in [2.24, 2.45) is 0 Å². The van der Waals surface area contributed by atoms with Crippen molar-refractivity contribution in [3.63, 3.8) is 0 Å². The standard InChI is InChI=1S/C8H9O.Bi.2H/c1-2-9-8-6-4-3-5-7-8;;;/h3-6H,2H2,1H3;;;. The Morgan fingerprint density at radius 3 is 2.70 bits per heavy atom. The van der Waals surface area contributed by atoms with E-state index in [1.165, 1.54) is 3.27 Å². The van der Waals surface area contributed by atoms with E-state index in [0.717, 1.165) is 37.1 Å². The monoisotopic (exact) mass is 332 g/mol. The van der Waals surface area contributed by atoms with Gasteiger partial charge in [0.1, 0.15) is 0 Å². The molecule has 10 heavy (non-hydrogen) atoms. The van der Waals surface area contributed by atoms with E-state index in [9.17, 15) is 0 Å². The third-order valence-corrected chi connectivity index (χ3v) is 3.07. The second-order valence-corrected chi connectivity index (χ2v) is 4.39. The number of rotatable bonds is 2. The Morgan fingerprint density at radius 1 is 1.40 bits per heavy atom. The summed E-state index contributed by atoms with van der Waals surface area (Å²) in [6.07, 6.45) is 0. The van der Waals surface area contributed by atoms with Crippen molar-refractivity contribution < 1.29 is 4.74 Å². The first kappa shape index (κ1) is 8.00. The number of hydrogen-bond donors (Lipinski definition) is 0. The molecule has 1 aromatic carbocycles. The van der Waals surface area contributed by atoms with Crippen LogP contribution >= 0.6 is 0 Å². The first-order chi connectivity index (χ1) is 4.84. The fourth-order valence-electron chi connectivity index (χ4n) is 0.767. The fraction of sp³-hybridized carbons (Fsp3) is 0.250. The van der Waals surface area contributed by atoms with Gasteiger partial charge in [0.25, 0.3) is 0 Å². The fourth-order valence-corrected chi connectivity index (χ4v) is 1.90. The minimum atomic E-state index is 0.768. The average molecular weight is 332 g/mol. The molecule has 0 heterocycles. The summed E-state index contributed by atoms with van der Waals surface area (Å²) in [4.78, 5) is 0. The van der Waals surface area contributed by atoms with Gasteiger partial charge < -0.3 is 0 Å². The van der Waals surface area contributed by atoms with E-state index >= 15 is 0 Å². The summed E-state index contributed by atoms with van der Waals surface area (Å²) in [5.74, 6) is 1.06. The minimum absolute atomic E-state index is 0.768. The molecule has 1 nitrogen and oxygen atoms in total.